The van der Waals surface area contributed by atoms with Crippen LogP contribution in [0.15, 0.2) is 48.5 Å². The molecule has 1 amide bonds. The molecule has 0 aromatic heterocycles. The van der Waals surface area contributed by atoms with Crippen LogP contribution in [0.5, 0.6) is 11.5 Å². The second-order valence-electron chi connectivity index (χ2n) is 9.42. The topological polar surface area (TPSA) is 50.8 Å². The van der Waals surface area contributed by atoms with E-state index in [1.54, 1.807) is 7.11 Å². The molecule has 2 aliphatic heterocycles. The molecule has 1 N–H and O–H groups in total. The number of nitrogens with zero attached hydrogens (tertiary/aromatic N) is 1. The van der Waals surface area contributed by atoms with Crippen LogP contribution in [0.3, 0.4) is 0 Å². The number of fused-ring (bicyclic) bond motifs is 1. The van der Waals surface area contributed by atoms with Gasteiger partial charge in [-0.25, -0.2) is 0 Å². The normalized spacial score (nSPS) is 22.1. The molecule has 4 rings (SSSR count). The third kappa shape index (κ3) is 5.63. The molecule has 2 aliphatic rings. The van der Waals surface area contributed by atoms with Crippen molar-refractivity contribution in [2.75, 3.05) is 26.7 Å². The zero-order valence-corrected chi connectivity index (χ0v) is 19.4. The fraction of sp³-hybridized carbons (Fsp3) is 0.519. The van der Waals surface area contributed by atoms with Crippen LogP contribution < -0.4 is 14.8 Å². The Balaban J connectivity index is 1.38. The lowest BCUT2D eigenvalue weighted by molar-refractivity contribution is -0.128. The molecule has 5 nitrogen and oxygen atoms in total. The highest BCUT2D eigenvalue weighted by molar-refractivity contribution is 5.80. The zero-order valence-electron chi connectivity index (χ0n) is 19.4. The van der Waals surface area contributed by atoms with E-state index in [-0.39, 0.29) is 11.3 Å². The smallest absolute Gasteiger partial charge is 0.260 e. The maximum atomic E-state index is 12.8. The molecule has 0 bridgehead atoms. The lowest BCUT2D eigenvalue weighted by atomic mass is 9.74. The summed E-state index contributed by atoms with van der Waals surface area (Å²) in [5.41, 5.74) is 2.71. The molecule has 1 saturated heterocycles. The second kappa shape index (κ2) is 10.4. The molecule has 2 aromatic rings. The number of likely N-dealkylation sites (tertiary alicyclic amines) is 1. The SMILES string of the molecule is COc1ccc(CN2CCC3(CCCCc4ccccc4O[C@H](C)C(=O)NC3)CC2)cc1. The number of aryl methyl sites for hydroxylation is 1. The van der Waals surface area contributed by atoms with Crippen molar-refractivity contribution in [3.63, 3.8) is 0 Å². The molecule has 0 aliphatic carbocycles. The maximum absolute atomic E-state index is 12.8. The van der Waals surface area contributed by atoms with E-state index in [0.29, 0.717) is 0 Å². The molecular formula is C27H36N2O3. The summed E-state index contributed by atoms with van der Waals surface area (Å²) >= 11 is 0. The number of benzene rings is 2. The second-order valence-corrected chi connectivity index (χ2v) is 9.42. The number of nitrogens with one attached hydrogen (secondary N) is 1. The van der Waals surface area contributed by atoms with Crippen molar-refractivity contribution in [3.8, 4) is 11.5 Å². The van der Waals surface area contributed by atoms with E-state index in [4.69, 9.17) is 9.47 Å². The summed E-state index contributed by atoms with van der Waals surface area (Å²) in [5.74, 6) is 1.73. The minimum atomic E-state index is -0.484. The number of amides is 1. The van der Waals surface area contributed by atoms with E-state index in [2.05, 4.69) is 34.5 Å². The van der Waals surface area contributed by atoms with Crippen molar-refractivity contribution in [3.05, 3.63) is 59.7 Å². The first-order valence-electron chi connectivity index (χ1n) is 11.9. The van der Waals surface area contributed by atoms with Gasteiger partial charge in [0.05, 0.1) is 7.11 Å². The number of hydrogen-bond donors (Lipinski definition) is 1. The predicted octanol–water partition coefficient (Wildman–Crippen LogP) is 4.59. The van der Waals surface area contributed by atoms with E-state index in [0.717, 1.165) is 63.4 Å². The molecule has 2 heterocycles. The highest BCUT2D eigenvalue weighted by atomic mass is 16.5. The van der Waals surface area contributed by atoms with Gasteiger partial charge in [0, 0.05) is 13.1 Å². The van der Waals surface area contributed by atoms with Crippen molar-refractivity contribution in [1.29, 1.82) is 0 Å². The van der Waals surface area contributed by atoms with E-state index >= 15 is 0 Å². The Bertz CT molecular complexity index is 888. The van der Waals surface area contributed by atoms with Gasteiger partial charge in [-0.3, -0.25) is 9.69 Å². The number of hydrogen-bond acceptors (Lipinski definition) is 4. The molecule has 2 aromatic carbocycles. The fourth-order valence-electron chi connectivity index (χ4n) is 4.99. The van der Waals surface area contributed by atoms with Crippen LogP contribution in [0.1, 0.15) is 50.2 Å². The van der Waals surface area contributed by atoms with Crippen LogP contribution in [0.25, 0.3) is 0 Å². The van der Waals surface area contributed by atoms with E-state index in [9.17, 15) is 4.79 Å². The van der Waals surface area contributed by atoms with Gasteiger partial charge in [0.2, 0.25) is 0 Å². The van der Waals surface area contributed by atoms with Crippen LogP contribution in [-0.2, 0) is 17.8 Å². The summed E-state index contributed by atoms with van der Waals surface area (Å²) < 4.78 is 11.3. The molecule has 32 heavy (non-hydrogen) atoms. The van der Waals surface area contributed by atoms with E-state index in [1.165, 1.54) is 24.0 Å². The highest BCUT2D eigenvalue weighted by Crippen LogP contribution is 2.37. The summed E-state index contributed by atoms with van der Waals surface area (Å²) in [6, 6.07) is 16.5. The summed E-state index contributed by atoms with van der Waals surface area (Å²) in [4.78, 5) is 15.3. The van der Waals surface area contributed by atoms with Crippen molar-refractivity contribution in [2.45, 2.75) is 58.1 Å². The Labute approximate surface area is 192 Å². The van der Waals surface area contributed by atoms with Gasteiger partial charge in [-0.05, 0) is 86.9 Å². The van der Waals surface area contributed by atoms with Gasteiger partial charge in [-0.15, -0.1) is 0 Å². The Morgan fingerprint density at radius 3 is 2.56 bits per heavy atom. The third-order valence-electron chi connectivity index (χ3n) is 7.17. The Hall–Kier alpha value is -2.53. The summed E-state index contributed by atoms with van der Waals surface area (Å²) in [6.07, 6.45) is 6.26. The average Bonchev–Trinajstić information content (AvgIpc) is 2.82. The molecule has 0 radical (unpaired) electrons. The first-order chi connectivity index (χ1) is 15.6. The lowest BCUT2D eigenvalue weighted by Gasteiger charge is -2.42. The van der Waals surface area contributed by atoms with Gasteiger partial charge >= 0.3 is 0 Å². The van der Waals surface area contributed by atoms with Crippen LogP contribution in [-0.4, -0.2) is 43.7 Å². The van der Waals surface area contributed by atoms with Crippen LogP contribution in [0, 0.1) is 5.41 Å². The molecule has 1 spiro atoms. The number of para-hydroxylation sites is 1. The first kappa shape index (κ1) is 22.7. The van der Waals surface area contributed by atoms with E-state index < -0.39 is 6.10 Å². The van der Waals surface area contributed by atoms with Crippen LogP contribution in [0.2, 0.25) is 0 Å². The molecule has 172 valence electrons. The monoisotopic (exact) mass is 436 g/mol. The summed E-state index contributed by atoms with van der Waals surface area (Å²) in [7, 11) is 1.70. The molecular weight excluding hydrogens is 400 g/mol. The van der Waals surface area contributed by atoms with Gasteiger partial charge in [0.1, 0.15) is 11.5 Å². The Morgan fingerprint density at radius 2 is 1.81 bits per heavy atom. The van der Waals surface area contributed by atoms with Crippen LogP contribution >= 0.6 is 0 Å². The number of ether oxygens (including phenoxy) is 2. The number of carbonyl (C=O) groups excluding carboxylic acids is 1. The number of methoxy groups -OCH3 is 1. The number of rotatable bonds is 3. The summed E-state index contributed by atoms with van der Waals surface area (Å²) in [5, 5.41) is 3.22. The number of carbonyl (C=O) groups is 1. The van der Waals surface area contributed by atoms with Gasteiger partial charge in [-0.2, -0.15) is 0 Å². The Morgan fingerprint density at radius 1 is 1.06 bits per heavy atom. The van der Waals surface area contributed by atoms with Gasteiger partial charge in [-0.1, -0.05) is 36.8 Å². The minimum Gasteiger partial charge on any atom is -0.497 e. The highest BCUT2D eigenvalue weighted by Gasteiger charge is 2.35. The molecule has 5 heteroatoms. The predicted molar refractivity (Wildman–Crippen MR) is 127 cm³/mol. The van der Waals surface area contributed by atoms with Crippen molar-refractivity contribution < 1.29 is 14.3 Å². The maximum Gasteiger partial charge on any atom is 0.260 e. The lowest BCUT2D eigenvalue weighted by Crippen LogP contribution is -2.48. The Kier molecular flexibility index (Phi) is 7.36. The fourth-order valence-corrected chi connectivity index (χ4v) is 4.99. The molecule has 0 unspecified atom stereocenters. The van der Waals surface area contributed by atoms with Gasteiger partial charge < -0.3 is 14.8 Å². The first-order valence-corrected chi connectivity index (χ1v) is 11.9. The average molecular weight is 437 g/mol. The number of piperidine rings is 1. The summed E-state index contributed by atoms with van der Waals surface area (Å²) in [6.45, 7) is 5.70. The molecule has 1 fully saturated rings. The van der Waals surface area contributed by atoms with Crippen molar-refractivity contribution in [2.24, 2.45) is 5.41 Å². The van der Waals surface area contributed by atoms with E-state index in [1.807, 2.05) is 31.2 Å². The largest absolute Gasteiger partial charge is 0.497 e. The van der Waals surface area contributed by atoms with Gasteiger partial charge in [0.15, 0.2) is 6.10 Å². The molecule has 1 atom stereocenters. The quantitative estimate of drug-likeness (QED) is 0.765. The molecule has 0 saturated carbocycles. The third-order valence-corrected chi connectivity index (χ3v) is 7.17. The van der Waals surface area contributed by atoms with Gasteiger partial charge in [0.25, 0.3) is 5.91 Å². The van der Waals surface area contributed by atoms with Crippen molar-refractivity contribution >= 4 is 5.91 Å². The standard InChI is InChI=1S/C27H36N2O3/c1-21-26(30)28-20-27(14-6-5-8-23-7-3-4-9-25(23)32-21)15-17-29(18-16-27)19-22-10-12-24(31-2)13-11-22/h3-4,7,9-13,21H,5-6,8,14-20H2,1-2H3,(H,28,30)/t21-/m1/s1. The zero-order chi connectivity index (χ0) is 22.4. The minimum absolute atomic E-state index is 0.0135. The van der Waals surface area contributed by atoms with Crippen LogP contribution in [0.4, 0.5) is 0 Å². The van der Waals surface area contributed by atoms with Crippen molar-refractivity contribution in [1.82, 2.24) is 10.2 Å².